The molecule has 0 spiro atoms. The molecule has 5 heteroatoms. The number of rotatable bonds is 6. The van der Waals surface area contributed by atoms with Crippen LogP contribution in [-0.4, -0.2) is 34.8 Å². The summed E-state index contributed by atoms with van der Waals surface area (Å²) in [7, 11) is 0. The molecule has 0 aliphatic heterocycles. The second-order valence-corrected chi connectivity index (χ2v) is 4.28. The number of aliphatic hydroxyl groups excluding tert-OH is 1. The summed E-state index contributed by atoms with van der Waals surface area (Å²) in [5.41, 5.74) is 6.64. The van der Waals surface area contributed by atoms with Gasteiger partial charge in [0.25, 0.3) is 0 Å². The first kappa shape index (κ1) is 14.5. The van der Waals surface area contributed by atoms with E-state index in [1.54, 1.807) is 24.3 Å². The normalized spacial score (nSPS) is 13.9. The average Bonchev–Trinajstić information content (AvgIpc) is 2.38. The molecule has 0 heterocycles. The van der Waals surface area contributed by atoms with Crippen molar-refractivity contribution in [2.45, 2.75) is 31.9 Å². The second kappa shape index (κ2) is 6.98. The number of hydrogen-bond acceptors (Lipinski definition) is 4. The Hall–Kier alpha value is -1.59. The molecule has 0 saturated heterocycles. The van der Waals surface area contributed by atoms with Gasteiger partial charge in [-0.15, -0.1) is 0 Å². The molecular formula is C13H20N2O3. The highest BCUT2D eigenvalue weighted by atomic mass is 16.3. The summed E-state index contributed by atoms with van der Waals surface area (Å²) < 4.78 is 0. The molecule has 2 atom stereocenters. The Balaban J connectivity index is 2.42. The van der Waals surface area contributed by atoms with Crippen molar-refractivity contribution in [2.24, 2.45) is 5.73 Å². The number of aliphatic hydroxyl groups is 1. The Bertz CT molecular complexity index is 378. The summed E-state index contributed by atoms with van der Waals surface area (Å²) in [6.07, 6.45) is 0.455. The Morgan fingerprint density at radius 1 is 1.39 bits per heavy atom. The van der Waals surface area contributed by atoms with Crippen molar-refractivity contribution in [3.63, 3.8) is 0 Å². The van der Waals surface area contributed by atoms with E-state index in [9.17, 15) is 9.90 Å². The first-order chi connectivity index (χ1) is 8.52. The number of carbonyl (C=O) groups is 1. The topological polar surface area (TPSA) is 95.6 Å². The van der Waals surface area contributed by atoms with Crippen LogP contribution in [0.1, 0.15) is 18.9 Å². The largest absolute Gasteiger partial charge is 0.508 e. The lowest BCUT2D eigenvalue weighted by Gasteiger charge is -2.14. The third-order valence-corrected chi connectivity index (χ3v) is 2.71. The fraction of sp³-hybridized carbons (Fsp3) is 0.462. The van der Waals surface area contributed by atoms with E-state index in [1.807, 2.05) is 6.92 Å². The molecule has 18 heavy (non-hydrogen) atoms. The zero-order valence-electron chi connectivity index (χ0n) is 10.5. The molecule has 1 amide bonds. The molecule has 1 aromatic carbocycles. The Morgan fingerprint density at radius 2 is 2.00 bits per heavy atom. The molecule has 5 N–H and O–H groups in total. The number of phenols is 1. The van der Waals surface area contributed by atoms with Crippen LogP contribution in [0.15, 0.2) is 24.3 Å². The van der Waals surface area contributed by atoms with Crippen LogP contribution in [-0.2, 0) is 11.2 Å². The van der Waals surface area contributed by atoms with Gasteiger partial charge in [-0.1, -0.05) is 19.1 Å². The third-order valence-electron chi connectivity index (χ3n) is 2.71. The zero-order valence-corrected chi connectivity index (χ0v) is 10.5. The van der Waals surface area contributed by atoms with Gasteiger partial charge >= 0.3 is 0 Å². The second-order valence-electron chi connectivity index (χ2n) is 4.28. The van der Waals surface area contributed by atoms with E-state index < -0.39 is 12.1 Å². The molecule has 0 bridgehead atoms. The Kier molecular flexibility index (Phi) is 5.61. The molecule has 100 valence electrons. The fourth-order valence-electron chi connectivity index (χ4n) is 1.47. The van der Waals surface area contributed by atoms with Gasteiger partial charge in [0.05, 0.1) is 12.1 Å². The minimum atomic E-state index is -0.654. The molecule has 1 aromatic rings. The highest BCUT2D eigenvalue weighted by Crippen LogP contribution is 2.10. The monoisotopic (exact) mass is 252 g/mol. The van der Waals surface area contributed by atoms with E-state index in [1.165, 1.54) is 0 Å². The summed E-state index contributed by atoms with van der Waals surface area (Å²) in [5.74, 6) is -0.0987. The summed E-state index contributed by atoms with van der Waals surface area (Å²) >= 11 is 0. The van der Waals surface area contributed by atoms with Crippen molar-refractivity contribution in [3.8, 4) is 5.75 Å². The number of amides is 1. The van der Waals surface area contributed by atoms with Gasteiger partial charge in [0, 0.05) is 6.54 Å². The van der Waals surface area contributed by atoms with Gasteiger partial charge < -0.3 is 21.3 Å². The highest BCUT2D eigenvalue weighted by molar-refractivity contribution is 5.81. The van der Waals surface area contributed by atoms with Gasteiger partial charge in [0.2, 0.25) is 5.91 Å². The van der Waals surface area contributed by atoms with Crippen LogP contribution in [0.3, 0.4) is 0 Å². The zero-order chi connectivity index (χ0) is 13.5. The van der Waals surface area contributed by atoms with E-state index in [0.29, 0.717) is 12.8 Å². The molecule has 0 fully saturated rings. The number of phenolic OH excluding ortho intramolecular Hbond substituents is 1. The standard InChI is InChI=1S/C13H20N2O3/c1-2-10(16)8-15-13(18)12(14)7-9-3-5-11(17)6-4-9/h3-6,10,12,16-17H,2,7-8,14H2,1H3,(H,15,18)/t10?,12-/m1/s1. The Labute approximate surface area is 107 Å². The minimum absolute atomic E-state index is 0.183. The van der Waals surface area contributed by atoms with Gasteiger partial charge in [0.1, 0.15) is 5.75 Å². The van der Waals surface area contributed by atoms with Gasteiger partial charge in [-0.05, 0) is 30.5 Å². The van der Waals surface area contributed by atoms with E-state index in [2.05, 4.69) is 5.32 Å². The van der Waals surface area contributed by atoms with Crippen LogP contribution in [0.4, 0.5) is 0 Å². The van der Waals surface area contributed by atoms with Crippen molar-refractivity contribution in [1.29, 1.82) is 0 Å². The summed E-state index contributed by atoms with van der Waals surface area (Å²) in [4.78, 5) is 11.6. The first-order valence-electron chi connectivity index (χ1n) is 6.02. The molecule has 0 aliphatic rings. The van der Waals surface area contributed by atoms with Crippen LogP contribution in [0.2, 0.25) is 0 Å². The van der Waals surface area contributed by atoms with Gasteiger partial charge in [0.15, 0.2) is 0 Å². The lowest BCUT2D eigenvalue weighted by atomic mass is 10.1. The molecular weight excluding hydrogens is 232 g/mol. The molecule has 0 radical (unpaired) electrons. The lowest BCUT2D eigenvalue weighted by molar-refractivity contribution is -0.122. The maximum Gasteiger partial charge on any atom is 0.237 e. The van der Waals surface area contributed by atoms with Crippen LogP contribution in [0, 0.1) is 0 Å². The van der Waals surface area contributed by atoms with Crippen molar-refractivity contribution >= 4 is 5.91 Å². The summed E-state index contributed by atoms with van der Waals surface area (Å²) in [6.45, 7) is 2.06. The quantitative estimate of drug-likeness (QED) is 0.579. The maximum atomic E-state index is 11.6. The Morgan fingerprint density at radius 3 is 2.56 bits per heavy atom. The van der Waals surface area contributed by atoms with E-state index in [-0.39, 0.29) is 18.2 Å². The van der Waals surface area contributed by atoms with Gasteiger partial charge in [-0.2, -0.15) is 0 Å². The van der Waals surface area contributed by atoms with E-state index in [0.717, 1.165) is 5.56 Å². The highest BCUT2D eigenvalue weighted by Gasteiger charge is 2.14. The maximum absolute atomic E-state index is 11.6. The van der Waals surface area contributed by atoms with Crippen LogP contribution in [0.5, 0.6) is 5.75 Å². The molecule has 1 rings (SSSR count). The lowest BCUT2D eigenvalue weighted by Crippen LogP contribution is -2.44. The van der Waals surface area contributed by atoms with Crippen molar-refractivity contribution in [1.82, 2.24) is 5.32 Å². The van der Waals surface area contributed by atoms with Crippen LogP contribution in [0.25, 0.3) is 0 Å². The van der Waals surface area contributed by atoms with Crippen molar-refractivity contribution in [3.05, 3.63) is 29.8 Å². The van der Waals surface area contributed by atoms with Crippen molar-refractivity contribution in [2.75, 3.05) is 6.54 Å². The molecule has 0 saturated carbocycles. The fourth-order valence-corrected chi connectivity index (χ4v) is 1.47. The first-order valence-corrected chi connectivity index (χ1v) is 6.02. The molecule has 5 nitrogen and oxygen atoms in total. The van der Waals surface area contributed by atoms with E-state index in [4.69, 9.17) is 10.8 Å². The average molecular weight is 252 g/mol. The van der Waals surface area contributed by atoms with Crippen LogP contribution < -0.4 is 11.1 Å². The molecule has 0 aromatic heterocycles. The van der Waals surface area contributed by atoms with Gasteiger partial charge in [-0.3, -0.25) is 4.79 Å². The SMILES string of the molecule is CCC(O)CNC(=O)[C@H](N)Cc1ccc(O)cc1. The number of hydrogen-bond donors (Lipinski definition) is 4. The predicted octanol–water partition coefficient (Wildman–Crippen LogP) is 0.149. The molecule has 0 aliphatic carbocycles. The van der Waals surface area contributed by atoms with Crippen LogP contribution >= 0.6 is 0 Å². The number of benzene rings is 1. The van der Waals surface area contributed by atoms with Crippen molar-refractivity contribution < 1.29 is 15.0 Å². The minimum Gasteiger partial charge on any atom is -0.508 e. The molecule has 1 unspecified atom stereocenters. The number of nitrogens with two attached hydrogens (primary N) is 1. The van der Waals surface area contributed by atoms with Gasteiger partial charge in [-0.25, -0.2) is 0 Å². The number of nitrogens with one attached hydrogen (secondary N) is 1. The smallest absolute Gasteiger partial charge is 0.237 e. The summed E-state index contributed by atoms with van der Waals surface area (Å²) in [6, 6.07) is 5.91. The number of aromatic hydroxyl groups is 1. The third kappa shape index (κ3) is 4.73. The summed E-state index contributed by atoms with van der Waals surface area (Å²) in [5, 5.41) is 21.1. The number of carbonyl (C=O) groups excluding carboxylic acids is 1. The van der Waals surface area contributed by atoms with E-state index >= 15 is 0 Å². The predicted molar refractivity (Wildman–Crippen MR) is 69.1 cm³/mol.